The van der Waals surface area contributed by atoms with Crippen molar-refractivity contribution >= 4 is 9.30 Å². The summed E-state index contributed by atoms with van der Waals surface area (Å²) < 4.78 is 2.83. The van der Waals surface area contributed by atoms with E-state index in [9.17, 15) is 0 Å². The fourth-order valence-electron chi connectivity index (χ4n) is 0. The smallest absolute Gasteiger partial charge is 0 e. The average Bonchev–Trinajstić information content (AvgIpc) is 1.46. The molecule has 0 aliphatic carbocycles. The van der Waals surface area contributed by atoms with Gasteiger partial charge in [0.1, 0.15) is 0 Å². The third-order valence-electron chi connectivity index (χ3n) is 0. The third-order valence-corrected chi connectivity index (χ3v) is 0. The van der Waals surface area contributed by atoms with Gasteiger partial charge < -0.3 is 0 Å². The van der Waals surface area contributed by atoms with Gasteiger partial charge in [0.2, 0.25) is 0 Å². The Morgan fingerprint density at radius 3 is 0.290 bits per heavy atom. The first-order valence-electron chi connectivity index (χ1n) is 0.940. The Bertz CT molecular complexity index is 28.2. The van der Waals surface area contributed by atoms with Gasteiger partial charge in [0.15, 0.2) is 0 Å². The number of hydrogen-bond acceptors (Lipinski definition) is 0. The van der Waals surface area contributed by atoms with E-state index in [1.807, 2.05) is 6.92 Å². The van der Waals surface area contributed by atoms with E-state index in [1.54, 1.807) is 0 Å². The molecular formula is C3H4W28-2. The van der Waals surface area contributed by atoms with Gasteiger partial charge in [-0.15, -0.1) is 0 Å². The van der Waals surface area contributed by atoms with E-state index in [4.69, 9.17) is 0 Å². The summed E-state index contributed by atoms with van der Waals surface area (Å²) in [5.74, 6) is 0. The molecular weight excluding hydrogens is 5180 g/mol. The number of rotatable bonds is 0. The minimum absolute atomic E-state index is 0. The van der Waals surface area contributed by atoms with Crippen LogP contribution in [0, 0.1) is 0 Å². The van der Waals surface area contributed by atoms with Crippen LogP contribution in [0.4, 0.5) is 0 Å². The zero-order chi connectivity index (χ0) is 4.71. The van der Waals surface area contributed by atoms with Crippen molar-refractivity contribution in [2.45, 2.75) is 6.92 Å². The van der Waals surface area contributed by atoms with Crippen LogP contribution in [0.3, 0.4) is 0 Å². The molecule has 0 aromatic rings. The molecule has 0 nitrogen and oxygen atoms in total. The van der Waals surface area contributed by atoms with Gasteiger partial charge in [-0.2, -0.15) is 0 Å². The predicted octanol–water partition coefficient (Wildman–Crippen LogP) is 0.00950. The van der Waals surface area contributed by atoms with E-state index in [1.165, 1.54) is 19.4 Å². The summed E-state index contributed by atoms with van der Waals surface area (Å²) in [6.07, 6.45) is 0. The minimum atomic E-state index is 0. The van der Waals surface area contributed by atoms with Crippen LogP contribution in [0.1, 0.15) is 6.92 Å². The Hall–Kier alpha value is 19.0. The molecule has 0 rings (SSSR count). The maximum atomic E-state index is 4.58. The Labute approximate surface area is 585 Å². The van der Waals surface area contributed by atoms with Crippen LogP contribution < -0.4 is 0 Å². The normalized spacial score (nSPS) is 0.548. The second-order valence-corrected chi connectivity index (χ2v) is 1.67. The zero-order valence-corrected chi connectivity index (χ0v) is 95.6. The van der Waals surface area contributed by atoms with Crippen LogP contribution in [-0.4, -0.2) is 9.30 Å². The maximum absolute atomic E-state index is 4.58. The van der Waals surface area contributed by atoms with Crippen LogP contribution in [0.25, 0.3) is 0 Å². The summed E-state index contributed by atoms with van der Waals surface area (Å²) in [5.41, 5.74) is 0. The van der Waals surface area contributed by atoms with Gasteiger partial charge in [-0.1, -0.05) is 0 Å². The molecule has 0 radical (unpaired) electrons. The van der Waals surface area contributed by atoms with Crippen molar-refractivity contribution in [2.24, 2.45) is 0 Å². The molecule has 28 heteroatoms. The van der Waals surface area contributed by atoms with E-state index >= 15 is 0 Å². The summed E-state index contributed by atoms with van der Waals surface area (Å²) in [5, 5.41) is 0. The SMILES string of the molecule is C[C-]=[W].[CH-]=[W].[W].[W].[W].[W].[W].[W].[W].[W].[W].[W].[W].[W].[W].[W].[W].[W].[W].[W].[W].[W].[W].[W].[W].[W].[W].[W]. The van der Waals surface area contributed by atoms with E-state index in [0.717, 1.165) is 19.4 Å². The molecule has 0 N–H and O–H groups in total. The van der Waals surface area contributed by atoms with Crippen LogP contribution in [0.2, 0.25) is 0 Å². The monoisotopic (exact) mass is 5190 g/mol. The minimum Gasteiger partial charge on any atom is 0 e. The molecule has 0 atom stereocenters. The Kier molecular flexibility index (Phi) is 2260. The fraction of sp³-hybridized carbons (Fsp3) is 0.333. The molecule has 31 heavy (non-hydrogen) atoms. The van der Waals surface area contributed by atoms with Crippen molar-refractivity contribution in [3.8, 4) is 0 Å². The Morgan fingerprint density at radius 1 is 0.290 bits per heavy atom. The van der Waals surface area contributed by atoms with Crippen molar-refractivity contribution in [1.82, 2.24) is 0 Å². The first kappa shape index (κ1) is 248. The van der Waals surface area contributed by atoms with Crippen molar-refractivity contribution in [3.05, 3.63) is 0 Å². The van der Waals surface area contributed by atoms with Gasteiger partial charge in [-0.05, 0) is 0 Å². The fourth-order valence-corrected chi connectivity index (χ4v) is 0. The molecule has 0 aromatic carbocycles. The van der Waals surface area contributed by atoms with Gasteiger partial charge in [-0.3, -0.25) is 0 Å². The summed E-state index contributed by atoms with van der Waals surface area (Å²) in [6, 6.07) is 0. The van der Waals surface area contributed by atoms with Gasteiger partial charge >= 0.3 is 54.9 Å². The second kappa shape index (κ2) is 282. The first-order valence-corrected chi connectivity index (χ1v) is 4.10. The quantitative estimate of drug-likeness (QED) is 0.301. The Balaban J connectivity index is -0.000000000122. The molecule has 0 aliphatic heterocycles. The summed E-state index contributed by atoms with van der Waals surface area (Å²) >= 11 is 2.50. The van der Waals surface area contributed by atoms with E-state index in [2.05, 4.69) is 9.30 Å². The standard InChI is InChI=1S/C2H3.CH.28W/c1-2;;;;;;;;;;;;;;;;;;;;;;;;;;;;;/h1H3;1H;;;;;;;;;;;;;;;;;;;;;;;;;;;;/q2*-1;;;;;;;;;;;;;;;;;;;;;;;;;;;;. The van der Waals surface area contributed by atoms with Crippen LogP contribution >= 0.6 is 0 Å². The van der Waals surface area contributed by atoms with E-state index < -0.39 is 0 Å². The molecule has 0 aromatic heterocycles. The molecule has 0 fully saturated rings. The van der Waals surface area contributed by atoms with Gasteiger partial charge in [-0.25, -0.2) is 0 Å². The molecule has 0 spiro atoms. The van der Waals surface area contributed by atoms with Crippen LogP contribution in [0.5, 0.6) is 0 Å². The first-order chi connectivity index (χ1) is 2.41. The predicted molar refractivity (Wildman–Crippen MR) is 16.7 cm³/mol. The molecule has 0 heterocycles. The van der Waals surface area contributed by atoms with Crippen LogP contribution in [-0.2, 0) is 586 Å². The van der Waals surface area contributed by atoms with Crippen molar-refractivity contribution in [2.75, 3.05) is 0 Å². The van der Waals surface area contributed by atoms with Crippen molar-refractivity contribution in [1.29, 1.82) is 0 Å². The van der Waals surface area contributed by atoms with Crippen molar-refractivity contribution in [3.63, 3.8) is 0 Å². The molecule has 0 aliphatic rings. The molecule has 0 amide bonds. The Morgan fingerprint density at radius 2 is 0.290 bits per heavy atom. The number of hydrogen-bond donors (Lipinski definition) is 0. The molecule has 0 bridgehead atoms. The summed E-state index contributed by atoms with van der Waals surface area (Å²) in [7, 11) is 0. The maximum Gasteiger partial charge on any atom is 0 e. The largest absolute Gasteiger partial charge is 0 e. The molecule has 0 saturated carbocycles. The second-order valence-electron chi connectivity index (χ2n) is 0.204. The summed E-state index contributed by atoms with van der Waals surface area (Å²) in [6.45, 7) is 1.91. The average molecular weight is 5190 g/mol. The van der Waals surface area contributed by atoms with Crippen molar-refractivity contribution < 1.29 is 586 Å². The van der Waals surface area contributed by atoms with E-state index in [0.29, 0.717) is 0 Å². The topological polar surface area (TPSA) is 0 Å². The molecule has 0 saturated heterocycles. The molecule has 186 valence electrons. The van der Waals surface area contributed by atoms with E-state index in [-0.39, 0.29) is 548 Å². The third kappa shape index (κ3) is 300. The zero-order valence-electron chi connectivity index (χ0n) is 13.5. The summed E-state index contributed by atoms with van der Waals surface area (Å²) in [4.78, 5) is 4.58. The molecule has 0 unspecified atom stereocenters. The van der Waals surface area contributed by atoms with Gasteiger partial charge in [0.25, 0.3) is 0 Å². The van der Waals surface area contributed by atoms with Crippen LogP contribution in [0.15, 0.2) is 0 Å². The van der Waals surface area contributed by atoms with Gasteiger partial charge in [0, 0.05) is 548 Å². The van der Waals surface area contributed by atoms with Gasteiger partial charge in [0.05, 0.1) is 0 Å².